The van der Waals surface area contributed by atoms with Crippen LogP contribution in [0.4, 0.5) is 0 Å². The molecule has 0 amide bonds. The molecule has 0 aliphatic carbocycles. The van der Waals surface area contributed by atoms with Gasteiger partial charge in [0.15, 0.2) is 11.5 Å². The third-order valence-electron chi connectivity index (χ3n) is 3.63. The maximum atomic E-state index is 9.57. The molecular formula is C13H20N2O2. The summed E-state index contributed by atoms with van der Waals surface area (Å²) in [4.78, 5) is 2.35. The molecule has 0 radical (unpaired) electrons. The second kappa shape index (κ2) is 4.94. The summed E-state index contributed by atoms with van der Waals surface area (Å²) in [5.74, 6) is 0.728. The number of hydrogen-bond donors (Lipinski definition) is 2. The van der Waals surface area contributed by atoms with Gasteiger partial charge in [-0.25, -0.2) is 0 Å². The lowest BCUT2D eigenvalue weighted by molar-refractivity contribution is 0.136. The summed E-state index contributed by atoms with van der Waals surface area (Å²) in [6, 6.07) is 6.46. The first-order valence-corrected chi connectivity index (χ1v) is 5.93. The molecule has 0 aromatic heterocycles. The fourth-order valence-corrected chi connectivity index (χ4v) is 2.07. The predicted molar refractivity (Wildman–Crippen MR) is 67.5 cm³/mol. The van der Waals surface area contributed by atoms with Crippen LogP contribution in [0.1, 0.15) is 18.5 Å². The van der Waals surface area contributed by atoms with Crippen LogP contribution in [0.2, 0.25) is 0 Å². The van der Waals surface area contributed by atoms with Crippen molar-refractivity contribution in [2.24, 2.45) is 0 Å². The fourth-order valence-electron chi connectivity index (χ4n) is 2.07. The number of hydrogen-bond acceptors (Lipinski definition) is 4. The molecule has 2 N–H and O–H groups in total. The Labute approximate surface area is 102 Å². The number of nitrogens with one attached hydrogen (secondary N) is 1. The van der Waals surface area contributed by atoms with Gasteiger partial charge in [-0.1, -0.05) is 6.07 Å². The maximum Gasteiger partial charge on any atom is 0.160 e. The zero-order valence-electron chi connectivity index (χ0n) is 10.6. The van der Waals surface area contributed by atoms with Gasteiger partial charge in [0.2, 0.25) is 0 Å². The van der Waals surface area contributed by atoms with E-state index in [1.807, 2.05) is 12.1 Å². The topological polar surface area (TPSA) is 44.7 Å². The summed E-state index contributed by atoms with van der Waals surface area (Å²) in [5, 5.41) is 12.8. The largest absolute Gasteiger partial charge is 0.504 e. The van der Waals surface area contributed by atoms with Gasteiger partial charge in [-0.15, -0.1) is 0 Å². The second-order valence-corrected chi connectivity index (χ2v) is 4.58. The molecule has 0 saturated carbocycles. The monoisotopic (exact) mass is 236 g/mol. The van der Waals surface area contributed by atoms with Gasteiger partial charge in [0.05, 0.1) is 7.11 Å². The highest BCUT2D eigenvalue weighted by atomic mass is 16.5. The number of rotatable bonds is 4. The molecule has 1 atom stereocenters. The lowest BCUT2D eigenvalue weighted by atomic mass is 10.0. The first-order valence-electron chi connectivity index (χ1n) is 5.93. The Morgan fingerprint density at radius 3 is 2.71 bits per heavy atom. The van der Waals surface area contributed by atoms with E-state index in [-0.39, 0.29) is 5.75 Å². The Morgan fingerprint density at radius 2 is 2.18 bits per heavy atom. The quantitative estimate of drug-likeness (QED) is 0.828. The fraction of sp³-hybridized carbons (Fsp3) is 0.538. The molecule has 1 saturated heterocycles. The van der Waals surface area contributed by atoms with Gasteiger partial charge in [0, 0.05) is 25.2 Å². The van der Waals surface area contributed by atoms with Crippen LogP contribution in [0.3, 0.4) is 0 Å². The third kappa shape index (κ3) is 2.37. The lowest BCUT2D eigenvalue weighted by Gasteiger charge is -2.39. The summed E-state index contributed by atoms with van der Waals surface area (Å²) < 4.78 is 5.14. The van der Waals surface area contributed by atoms with Crippen LogP contribution in [-0.2, 0) is 0 Å². The van der Waals surface area contributed by atoms with Crippen molar-refractivity contribution in [3.63, 3.8) is 0 Å². The smallest absolute Gasteiger partial charge is 0.160 e. The molecular weight excluding hydrogens is 216 g/mol. The zero-order chi connectivity index (χ0) is 12.4. The molecule has 1 heterocycles. The van der Waals surface area contributed by atoms with Crippen molar-refractivity contribution in [2.75, 3.05) is 27.2 Å². The van der Waals surface area contributed by atoms with Crippen molar-refractivity contribution >= 4 is 0 Å². The number of likely N-dealkylation sites (N-methyl/N-ethyl adjacent to an activating group) is 1. The van der Waals surface area contributed by atoms with Gasteiger partial charge >= 0.3 is 0 Å². The number of nitrogens with zero attached hydrogens (tertiary/aromatic N) is 1. The second-order valence-electron chi connectivity index (χ2n) is 4.58. The molecule has 1 fully saturated rings. The van der Waals surface area contributed by atoms with Crippen LogP contribution < -0.4 is 10.1 Å². The molecule has 4 heteroatoms. The molecule has 17 heavy (non-hydrogen) atoms. The standard InChI is InChI=1S/C13H20N2O2/c1-9(15(2)11-7-14-8-11)10-4-5-12(16)13(6-10)17-3/h4-6,9,11,14,16H,7-8H2,1-3H3. The third-order valence-corrected chi connectivity index (χ3v) is 3.63. The minimum absolute atomic E-state index is 0.191. The number of methoxy groups -OCH3 is 1. The molecule has 1 aliphatic rings. The Balaban J connectivity index is 2.15. The highest BCUT2D eigenvalue weighted by Gasteiger charge is 2.26. The van der Waals surface area contributed by atoms with E-state index < -0.39 is 0 Å². The Hall–Kier alpha value is -1.26. The van der Waals surface area contributed by atoms with E-state index in [9.17, 15) is 5.11 Å². The number of aromatic hydroxyl groups is 1. The Morgan fingerprint density at radius 1 is 1.47 bits per heavy atom. The minimum Gasteiger partial charge on any atom is -0.504 e. The van der Waals surface area contributed by atoms with Crippen molar-refractivity contribution in [1.82, 2.24) is 10.2 Å². The van der Waals surface area contributed by atoms with Crippen LogP contribution in [0.25, 0.3) is 0 Å². The van der Waals surface area contributed by atoms with Crippen LogP contribution >= 0.6 is 0 Å². The molecule has 1 aromatic rings. The van der Waals surface area contributed by atoms with Gasteiger partial charge < -0.3 is 15.2 Å². The van der Waals surface area contributed by atoms with Gasteiger partial charge in [-0.2, -0.15) is 0 Å². The summed E-state index contributed by atoms with van der Waals surface area (Å²) in [6.07, 6.45) is 0. The Bertz CT molecular complexity index is 391. The van der Waals surface area contributed by atoms with E-state index >= 15 is 0 Å². The van der Waals surface area contributed by atoms with Gasteiger partial charge in [0.25, 0.3) is 0 Å². The lowest BCUT2D eigenvalue weighted by Crippen LogP contribution is -2.56. The highest BCUT2D eigenvalue weighted by Crippen LogP contribution is 2.31. The van der Waals surface area contributed by atoms with Gasteiger partial charge in [-0.3, -0.25) is 4.90 Å². The summed E-state index contributed by atoms with van der Waals surface area (Å²) >= 11 is 0. The highest BCUT2D eigenvalue weighted by molar-refractivity contribution is 5.42. The molecule has 94 valence electrons. The normalized spacial score (nSPS) is 17.9. The molecule has 2 rings (SSSR count). The predicted octanol–water partition coefficient (Wildman–Crippen LogP) is 1.37. The maximum absolute atomic E-state index is 9.57. The SMILES string of the molecule is COc1cc(C(C)N(C)C2CNC2)ccc1O. The van der Waals surface area contributed by atoms with Crippen LogP contribution in [0.15, 0.2) is 18.2 Å². The average molecular weight is 236 g/mol. The molecule has 1 unspecified atom stereocenters. The van der Waals surface area contributed by atoms with E-state index in [4.69, 9.17) is 4.74 Å². The average Bonchev–Trinajstić information content (AvgIpc) is 2.26. The molecule has 4 nitrogen and oxygen atoms in total. The van der Waals surface area contributed by atoms with Crippen molar-refractivity contribution in [3.05, 3.63) is 23.8 Å². The first-order chi connectivity index (χ1) is 8.13. The van der Waals surface area contributed by atoms with Crippen molar-refractivity contribution in [1.29, 1.82) is 0 Å². The molecule has 0 bridgehead atoms. The van der Waals surface area contributed by atoms with Crippen LogP contribution in [0.5, 0.6) is 11.5 Å². The summed E-state index contributed by atoms with van der Waals surface area (Å²) in [7, 11) is 3.71. The van der Waals surface area contributed by atoms with E-state index in [0.717, 1.165) is 18.7 Å². The Kier molecular flexibility index (Phi) is 3.54. The first kappa shape index (κ1) is 12.2. The number of phenols is 1. The summed E-state index contributed by atoms with van der Waals surface area (Å²) in [5.41, 5.74) is 1.16. The van der Waals surface area contributed by atoms with E-state index in [0.29, 0.717) is 17.8 Å². The van der Waals surface area contributed by atoms with Crippen LogP contribution in [0, 0.1) is 0 Å². The number of benzene rings is 1. The minimum atomic E-state index is 0.191. The molecule has 0 spiro atoms. The van der Waals surface area contributed by atoms with Crippen molar-refractivity contribution in [3.8, 4) is 11.5 Å². The number of ether oxygens (including phenoxy) is 1. The summed E-state index contributed by atoms with van der Waals surface area (Å²) in [6.45, 7) is 4.27. The van der Waals surface area contributed by atoms with Crippen LogP contribution in [-0.4, -0.2) is 43.3 Å². The van der Waals surface area contributed by atoms with Crippen molar-refractivity contribution in [2.45, 2.75) is 19.0 Å². The van der Waals surface area contributed by atoms with E-state index in [1.165, 1.54) is 0 Å². The van der Waals surface area contributed by atoms with E-state index in [2.05, 4.69) is 24.2 Å². The molecule has 1 aliphatic heterocycles. The van der Waals surface area contributed by atoms with Gasteiger partial charge in [-0.05, 0) is 31.7 Å². The van der Waals surface area contributed by atoms with Crippen molar-refractivity contribution < 1.29 is 9.84 Å². The number of phenolic OH excluding ortho intramolecular Hbond substituents is 1. The van der Waals surface area contributed by atoms with E-state index in [1.54, 1.807) is 13.2 Å². The van der Waals surface area contributed by atoms with Gasteiger partial charge in [0.1, 0.15) is 0 Å². The zero-order valence-corrected chi connectivity index (χ0v) is 10.6. The molecule has 1 aromatic carbocycles.